The van der Waals surface area contributed by atoms with Crippen LogP contribution in [0.3, 0.4) is 0 Å². The lowest BCUT2D eigenvalue weighted by Crippen LogP contribution is -2.20. The molecule has 0 saturated heterocycles. The zero-order valence-electron chi connectivity index (χ0n) is 13.3. The highest BCUT2D eigenvalue weighted by atomic mass is 16.5. The third-order valence-electron chi connectivity index (χ3n) is 3.13. The van der Waals surface area contributed by atoms with Gasteiger partial charge in [0, 0.05) is 7.11 Å². The van der Waals surface area contributed by atoms with Crippen LogP contribution in [0.2, 0.25) is 0 Å². The fourth-order valence-electron chi connectivity index (χ4n) is 2.43. The molecule has 1 heteroatoms. The molecule has 0 aliphatic rings. The van der Waals surface area contributed by atoms with E-state index in [4.69, 9.17) is 4.74 Å². The molecule has 0 bridgehead atoms. The molecule has 2 rings (SSSR count). The average Bonchev–Trinajstić information content (AvgIpc) is 2.39. The minimum Gasteiger partial charge on any atom is -0.376 e. The van der Waals surface area contributed by atoms with Gasteiger partial charge in [-0.1, -0.05) is 69.3 Å². The van der Waals surface area contributed by atoms with Crippen molar-refractivity contribution in [2.75, 3.05) is 7.11 Å². The molecule has 1 nitrogen and oxygen atoms in total. The van der Waals surface area contributed by atoms with Crippen LogP contribution in [0.5, 0.6) is 0 Å². The Labute approximate surface area is 123 Å². The van der Waals surface area contributed by atoms with Gasteiger partial charge in [-0.2, -0.15) is 0 Å². The van der Waals surface area contributed by atoms with Gasteiger partial charge in [0.2, 0.25) is 0 Å². The summed E-state index contributed by atoms with van der Waals surface area (Å²) < 4.78 is 5.71. The van der Waals surface area contributed by atoms with E-state index in [0.29, 0.717) is 0 Å². The van der Waals surface area contributed by atoms with Crippen LogP contribution in [0.4, 0.5) is 0 Å². The Morgan fingerprint density at radius 2 is 1.60 bits per heavy atom. The van der Waals surface area contributed by atoms with Crippen molar-refractivity contribution in [3.63, 3.8) is 0 Å². The lowest BCUT2D eigenvalue weighted by molar-refractivity contribution is 0.0163. The Kier molecular flexibility index (Phi) is 5.97. The quantitative estimate of drug-likeness (QED) is 0.630. The first-order chi connectivity index (χ1) is 9.45. The monoisotopic (exact) mass is 270 g/mol. The average molecular weight is 270 g/mol. The SMILES string of the molecule is C=CC.COC(c1cccc2ccccc12)C(C)(C)C. The second-order valence-electron chi connectivity index (χ2n) is 5.96. The van der Waals surface area contributed by atoms with E-state index in [9.17, 15) is 0 Å². The van der Waals surface area contributed by atoms with Crippen molar-refractivity contribution < 1.29 is 4.74 Å². The van der Waals surface area contributed by atoms with Gasteiger partial charge in [0.25, 0.3) is 0 Å². The number of ether oxygens (including phenoxy) is 1. The normalized spacial score (nSPS) is 12.4. The minimum absolute atomic E-state index is 0.0961. The third kappa shape index (κ3) is 3.94. The highest BCUT2D eigenvalue weighted by Gasteiger charge is 2.27. The molecule has 0 fully saturated rings. The summed E-state index contributed by atoms with van der Waals surface area (Å²) in [5, 5.41) is 2.56. The summed E-state index contributed by atoms with van der Waals surface area (Å²) in [7, 11) is 1.79. The number of fused-ring (bicyclic) bond motifs is 1. The maximum absolute atomic E-state index is 5.71. The molecule has 0 N–H and O–H groups in total. The Morgan fingerprint density at radius 1 is 1.05 bits per heavy atom. The molecule has 1 atom stereocenters. The predicted octanol–water partition coefficient (Wildman–Crippen LogP) is 5.77. The summed E-state index contributed by atoms with van der Waals surface area (Å²) in [5.41, 5.74) is 1.37. The van der Waals surface area contributed by atoms with Crippen molar-refractivity contribution in [2.45, 2.75) is 33.8 Å². The van der Waals surface area contributed by atoms with Crippen molar-refractivity contribution in [3.05, 3.63) is 60.7 Å². The summed E-state index contributed by atoms with van der Waals surface area (Å²) in [6, 6.07) is 14.9. The maximum Gasteiger partial charge on any atom is 0.0875 e. The second-order valence-corrected chi connectivity index (χ2v) is 5.96. The van der Waals surface area contributed by atoms with Gasteiger partial charge in [-0.15, -0.1) is 6.58 Å². The molecule has 0 aliphatic carbocycles. The second kappa shape index (κ2) is 7.25. The number of benzene rings is 2. The van der Waals surface area contributed by atoms with Crippen LogP contribution in [0.15, 0.2) is 55.1 Å². The highest BCUT2D eigenvalue weighted by molar-refractivity contribution is 5.86. The standard InChI is InChI=1S/C16H20O.C3H6/c1-16(2,3)15(17-4)14-11-7-9-12-8-5-6-10-13(12)14;1-3-2/h5-11,15H,1-4H3;3H,1H2,2H3. The highest BCUT2D eigenvalue weighted by Crippen LogP contribution is 2.38. The summed E-state index contributed by atoms with van der Waals surface area (Å²) in [5.74, 6) is 0. The summed E-state index contributed by atoms with van der Waals surface area (Å²) in [4.78, 5) is 0. The van der Waals surface area contributed by atoms with Gasteiger partial charge in [0.15, 0.2) is 0 Å². The van der Waals surface area contributed by atoms with Crippen molar-refractivity contribution in [3.8, 4) is 0 Å². The van der Waals surface area contributed by atoms with E-state index in [-0.39, 0.29) is 11.5 Å². The molecular formula is C19H26O. The van der Waals surface area contributed by atoms with E-state index < -0.39 is 0 Å². The third-order valence-corrected chi connectivity index (χ3v) is 3.13. The molecular weight excluding hydrogens is 244 g/mol. The fourth-order valence-corrected chi connectivity index (χ4v) is 2.43. The van der Waals surface area contributed by atoms with Crippen LogP contribution < -0.4 is 0 Å². The molecule has 0 spiro atoms. The number of rotatable bonds is 2. The molecule has 1 unspecified atom stereocenters. The molecule has 0 amide bonds. The molecule has 0 heterocycles. The zero-order valence-corrected chi connectivity index (χ0v) is 13.3. The summed E-state index contributed by atoms with van der Waals surface area (Å²) >= 11 is 0. The topological polar surface area (TPSA) is 9.23 Å². The Morgan fingerprint density at radius 3 is 2.15 bits per heavy atom. The summed E-state index contributed by atoms with van der Waals surface area (Å²) in [6.07, 6.45) is 1.87. The van der Waals surface area contributed by atoms with Gasteiger partial charge < -0.3 is 4.74 Å². The van der Waals surface area contributed by atoms with Gasteiger partial charge in [-0.3, -0.25) is 0 Å². The predicted molar refractivity (Wildman–Crippen MR) is 89.0 cm³/mol. The van der Waals surface area contributed by atoms with Crippen molar-refractivity contribution in [2.24, 2.45) is 5.41 Å². The van der Waals surface area contributed by atoms with E-state index >= 15 is 0 Å². The van der Waals surface area contributed by atoms with Gasteiger partial charge in [-0.05, 0) is 28.7 Å². The fraction of sp³-hybridized carbons (Fsp3) is 0.368. The van der Waals surface area contributed by atoms with Crippen LogP contribution >= 0.6 is 0 Å². The first-order valence-corrected chi connectivity index (χ1v) is 7.03. The largest absolute Gasteiger partial charge is 0.376 e. The minimum atomic E-state index is 0.0961. The molecule has 0 aromatic heterocycles. The molecule has 0 aliphatic heterocycles. The van der Waals surface area contributed by atoms with Crippen molar-refractivity contribution in [1.82, 2.24) is 0 Å². The van der Waals surface area contributed by atoms with Crippen LogP contribution in [0.1, 0.15) is 39.4 Å². The molecule has 2 aromatic carbocycles. The first-order valence-electron chi connectivity index (χ1n) is 7.03. The van der Waals surface area contributed by atoms with Crippen LogP contribution in [0, 0.1) is 5.41 Å². The van der Waals surface area contributed by atoms with Gasteiger partial charge in [0.1, 0.15) is 0 Å². The van der Waals surface area contributed by atoms with Gasteiger partial charge in [-0.25, -0.2) is 0 Å². The Hall–Kier alpha value is -1.60. The lowest BCUT2D eigenvalue weighted by Gasteiger charge is -2.30. The van der Waals surface area contributed by atoms with E-state index in [2.05, 4.69) is 69.8 Å². The number of hydrogen-bond acceptors (Lipinski definition) is 1. The van der Waals surface area contributed by atoms with E-state index in [0.717, 1.165) is 0 Å². The summed E-state index contributed by atoms with van der Waals surface area (Å²) in [6.45, 7) is 11.9. The Balaban J connectivity index is 0.000000612. The van der Waals surface area contributed by atoms with Gasteiger partial charge in [0.05, 0.1) is 6.10 Å². The zero-order chi connectivity index (χ0) is 15.2. The molecule has 0 saturated carbocycles. The number of hydrogen-bond donors (Lipinski definition) is 0. The number of allylic oxidation sites excluding steroid dienone is 1. The maximum atomic E-state index is 5.71. The lowest BCUT2D eigenvalue weighted by atomic mass is 9.83. The van der Waals surface area contributed by atoms with Crippen molar-refractivity contribution >= 4 is 10.8 Å². The first kappa shape index (κ1) is 16.5. The Bertz CT molecular complexity index is 544. The van der Waals surface area contributed by atoms with E-state index in [1.54, 1.807) is 13.2 Å². The van der Waals surface area contributed by atoms with Crippen LogP contribution in [-0.2, 0) is 4.74 Å². The van der Waals surface area contributed by atoms with E-state index in [1.165, 1.54) is 16.3 Å². The molecule has 0 radical (unpaired) electrons. The molecule has 108 valence electrons. The molecule has 2 aromatic rings. The van der Waals surface area contributed by atoms with Crippen LogP contribution in [-0.4, -0.2) is 7.11 Å². The van der Waals surface area contributed by atoms with E-state index in [1.807, 2.05) is 6.92 Å². The smallest absolute Gasteiger partial charge is 0.0875 e. The van der Waals surface area contributed by atoms with Crippen LogP contribution in [0.25, 0.3) is 10.8 Å². The number of methoxy groups -OCH3 is 1. The van der Waals surface area contributed by atoms with Gasteiger partial charge >= 0.3 is 0 Å². The van der Waals surface area contributed by atoms with Crippen molar-refractivity contribution in [1.29, 1.82) is 0 Å². The molecule has 20 heavy (non-hydrogen) atoms.